The Morgan fingerprint density at radius 3 is 2.54 bits per heavy atom. The zero-order chi connectivity index (χ0) is 25.9. The molecule has 188 valence electrons. The predicted octanol–water partition coefficient (Wildman–Crippen LogP) is 6.84. The van der Waals surface area contributed by atoms with Crippen LogP contribution in [0.3, 0.4) is 0 Å². The minimum absolute atomic E-state index is 0.159. The van der Waals surface area contributed by atoms with Gasteiger partial charge in [-0.1, -0.05) is 71.9 Å². The van der Waals surface area contributed by atoms with Gasteiger partial charge in [0.15, 0.2) is 0 Å². The van der Waals surface area contributed by atoms with E-state index < -0.39 is 6.04 Å². The van der Waals surface area contributed by atoms with Crippen molar-refractivity contribution < 1.29 is 4.79 Å². The van der Waals surface area contributed by atoms with Crippen LogP contribution in [0.4, 0.5) is 11.6 Å². The van der Waals surface area contributed by atoms with Gasteiger partial charge in [-0.3, -0.25) is 4.79 Å². The summed E-state index contributed by atoms with van der Waals surface area (Å²) in [7, 11) is 0. The molecular weight excluding hydrogens is 498 g/mol. The highest BCUT2D eigenvalue weighted by Crippen LogP contribution is 2.37. The maximum Gasteiger partial charge on any atom is 0.255 e. The number of aromatic nitrogens is 3. The predicted molar refractivity (Wildman–Crippen MR) is 153 cm³/mol. The summed E-state index contributed by atoms with van der Waals surface area (Å²) >= 11 is 3.28. The third-order valence-electron chi connectivity index (χ3n) is 6.35. The van der Waals surface area contributed by atoms with Gasteiger partial charge < -0.3 is 10.6 Å². The Morgan fingerprint density at radius 1 is 1.03 bits per heavy atom. The summed E-state index contributed by atoms with van der Waals surface area (Å²) in [4.78, 5) is 19.7. The fourth-order valence-electron chi connectivity index (χ4n) is 4.43. The Labute approximate surface area is 226 Å². The molecule has 0 saturated heterocycles. The van der Waals surface area contributed by atoms with Gasteiger partial charge in [-0.25, -0.2) is 4.68 Å². The van der Waals surface area contributed by atoms with E-state index in [0.717, 1.165) is 33.2 Å². The van der Waals surface area contributed by atoms with E-state index in [4.69, 9.17) is 10.1 Å². The standard InChI is InChI=1S/C29H29N5OS2/c1-18-8-7-10-21(16-18)17-37-29-32-28-30-20(3)25(27(35)31-24-11-6-5-9-19(24)2)26(34(28)33-29)22-12-14-23(36-4)15-13-22/h5-16,26H,17H2,1-4H3,(H,31,35)(H,30,32,33)/t26-/m1/s1. The summed E-state index contributed by atoms with van der Waals surface area (Å²) in [5.41, 5.74) is 6.62. The number of nitrogens with one attached hydrogen (secondary N) is 2. The van der Waals surface area contributed by atoms with Gasteiger partial charge in [0, 0.05) is 22.0 Å². The number of fused-ring (bicyclic) bond motifs is 1. The van der Waals surface area contributed by atoms with Crippen LogP contribution in [0, 0.1) is 13.8 Å². The smallest absolute Gasteiger partial charge is 0.255 e. The third-order valence-corrected chi connectivity index (χ3v) is 8.01. The second-order valence-corrected chi connectivity index (χ2v) is 10.9. The molecule has 0 saturated carbocycles. The molecule has 5 rings (SSSR count). The number of rotatable bonds is 7. The molecule has 0 fully saturated rings. The molecule has 1 amide bonds. The average Bonchev–Trinajstić information content (AvgIpc) is 3.30. The fourth-order valence-corrected chi connectivity index (χ4v) is 5.61. The number of nitrogens with zero attached hydrogens (tertiary/aromatic N) is 3. The summed E-state index contributed by atoms with van der Waals surface area (Å²) in [6, 6.07) is 24.2. The molecule has 0 radical (unpaired) electrons. The molecule has 1 aliphatic rings. The lowest BCUT2D eigenvalue weighted by Crippen LogP contribution is -2.31. The number of carbonyl (C=O) groups is 1. The van der Waals surface area contributed by atoms with E-state index in [1.54, 1.807) is 23.5 Å². The lowest BCUT2D eigenvalue weighted by atomic mass is 9.95. The first-order valence-corrected chi connectivity index (χ1v) is 14.3. The van der Waals surface area contributed by atoms with Gasteiger partial charge in [0.2, 0.25) is 11.1 Å². The summed E-state index contributed by atoms with van der Waals surface area (Å²) in [5, 5.41) is 12.0. The Morgan fingerprint density at radius 2 is 1.81 bits per heavy atom. The van der Waals surface area contributed by atoms with Crippen LogP contribution in [-0.4, -0.2) is 26.9 Å². The lowest BCUT2D eigenvalue weighted by Gasteiger charge is -2.29. The minimum Gasteiger partial charge on any atom is -0.328 e. The average molecular weight is 528 g/mol. The van der Waals surface area contributed by atoms with Gasteiger partial charge in [0.25, 0.3) is 5.91 Å². The van der Waals surface area contributed by atoms with Crippen LogP contribution >= 0.6 is 23.5 Å². The van der Waals surface area contributed by atoms with Crippen molar-refractivity contribution in [3.05, 3.63) is 106 Å². The molecule has 4 aromatic rings. The van der Waals surface area contributed by atoms with Gasteiger partial charge >= 0.3 is 0 Å². The van der Waals surface area contributed by atoms with Gasteiger partial charge in [-0.15, -0.1) is 16.9 Å². The molecule has 0 unspecified atom stereocenters. The number of allylic oxidation sites excluding steroid dienone is 1. The molecule has 8 heteroatoms. The summed E-state index contributed by atoms with van der Waals surface area (Å²) in [6.07, 6.45) is 2.05. The number of aryl methyl sites for hydroxylation is 2. The fraction of sp³-hybridized carbons (Fsp3) is 0.207. The Hall–Kier alpha value is -3.49. The zero-order valence-electron chi connectivity index (χ0n) is 21.3. The molecule has 0 spiro atoms. The molecule has 1 atom stereocenters. The molecule has 1 aliphatic heterocycles. The number of para-hydroxylation sites is 1. The van der Waals surface area contributed by atoms with Crippen LogP contribution in [0.15, 0.2) is 94.1 Å². The molecule has 6 nitrogen and oxygen atoms in total. The van der Waals surface area contributed by atoms with Crippen LogP contribution in [0.2, 0.25) is 0 Å². The summed E-state index contributed by atoms with van der Waals surface area (Å²) < 4.78 is 1.84. The maximum absolute atomic E-state index is 13.7. The molecule has 0 bridgehead atoms. The first-order valence-electron chi connectivity index (χ1n) is 12.1. The molecular formula is C29H29N5OS2. The number of anilines is 2. The highest BCUT2D eigenvalue weighted by atomic mass is 32.2. The molecule has 37 heavy (non-hydrogen) atoms. The van der Waals surface area contributed by atoms with Crippen LogP contribution in [-0.2, 0) is 10.5 Å². The monoisotopic (exact) mass is 527 g/mol. The SMILES string of the molecule is CSc1ccc([C@@H]2C(C(=O)Nc3ccccc3C)=C(C)Nc3nc(SCc4cccc(C)c4)nn32)cc1. The first-order chi connectivity index (χ1) is 17.9. The molecule has 2 heterocycles. The Balaban J connectivity index is 1.50. The number of amides is 1. The van der Waals surface area contributed by atoms with Crippen molar-refractivity contribution in [2.45, 2.75) is 42.6 Å². The van der Waals surface area contributed by atoms with Gasteiger partial charge in [-0.05, 0) is 61.9 Å². The van der Waals surface area contributed by atoms with Crippen LogP contribution in [0.25, 0.3) is 0 Å². The van der Waals surface area contributed by atoms with E-state index in [1.165, 1.54) is 11.1 Å². The van der Waals surface area contributed by atoms with Gasteiger partial charge in [-0.2, -0.15) is 4.98 Å². The zero-order valence-corrected chi connectivity index (χ0v) is 22.9. The highest BCUT2D eigenvalue weighted by molar-refractivity contribution is 7.98. The van der Waals surface area contributed by atoms with Crippen molar-refractivity contribution in [2.24, 2.45) is 0 Å². The summed E-state index contributed by atoms with van der Waals surface area (Å²) in [5.74, 6) is 1.25. The number of hydrogen-bond donors (Lipinski definition) is 2. The Kier molecular flexibility index (Phi) is 7.39. The summed E-state index contributed by atoms with van der Waals surface area (Å²) in [6.45, 7) is 6.01. The molecule has 1 aromatic heterocycles. The highest BCUT2D eigenvalue weighted by Gasteiger charge is 2.34. The van der Waals surface area contributed by atoms with E-state index in [1.807, 2.05) is 42.8 Å². The van der Waals surface area contributed by atoms with E-state index in [0.29, 0.717) is 16.7 Å². The molecule has 3 aromatic carbocycles. The number of hydrogen-bond acceptors (Lipinski definition) is 6. The number of carbonyl (C=O) groups excluding carboxylic acids is 1. The van der Waals surface area contributed by atoms with Gasteiger partial charge in [0.05, 0.1) is 5.57 Å². The number of benzene rings is 3. The van der Waals surface area contributed by atoms with E-state index in [-0.39, 0.29) is 5.91 Å². The van der Waals surface area contributed by atoms with Gasteiger partial charge in [0.1, 0.15) is 6.04 Å². The van der Waals surface area contributed by atoms with Crippen LogP contribution in [0.5, 0.6) is 0 Å². The maximum atomic E-state index is 13.7. The largest absolute Gasteiger partial charge is 0.328 e. The molecule has 2 N–H and O–H groups in total. The van der Waals surface area contributed by atoms with Crippen molar-refractivity contribution in [1.29, 1.82) is 0 Å². The molecule has 0 aliphatic carbocycles. The normalized spacial score (nSPS) is 14.8. The Bertz CT molecular complexity index is 1480. The topological polar surface area (TPSA) is 71.8 Å². The lowest BCUT2D eigenvalue weighted by molar-refractivity contribution is -0.113. The van der Waals surface area contributed by atoms with Crippen LogP contribution < -0.4 is 10.6 Å². The van der Waals surface area contributed by atoms with E-state index in [2.05, 4.69) is 72.3 Å². The van der Waals surface area contributed by atoms with Crippen molar-refractivity contribution >= 4 is 41.1 Å². The van der Waals surface area contributed by atoms with E-state index in [9.17, 15) is 4.79 Å². The van der Waals surface area contributed by atoms with Crippen molar-refractivity contribution in [1.82, 2.24) is 14.8 Å². The van der Waals surface area contributed by atoms with Crippen LogP contribution in [0.1, 0.15) is 35.2 Å². The van der Waals surface area contributed by atoms with Crippen molar-refractivity contribution in [3.8, 4) is 0 Å². The van der Waals surface area contributed by atoms with E-state index >= 15 is 0 Å². The second-order valence-electron chi connectivity index (χ2n) is 9.05. The first kappa shape index (κ1) is 25.2. The minimum atomic E-state index is -0.406. The third kappa shape index (κ3) is 5.45. The number of thioether (sulfide) groups is 2. The second kappa shape index (κ2) is 10.9. The van der Waals surface area contributed by atoms with Crippen molar-refractivity contribution in [2.75, 3.05) is 16.9 Å². The van der Waals surface area contributed by atoms with Crippen molar-refractivity contribution in [3.63, 3.8) is 0 Å². The quantitative estimate of drug-likeness (QED) is 0.257.